The number of halogens is 1. The van der Waals surface area contributed by atoms with Crippen molar-refractivity contribution in [2.24, 2.45) is 5.73 Å². The van der Waals surface area contributed by atoms with E-state index < -0.39 is 17.5 Å². The molecule has 1 unspecified atom stereocenters. The second-order valence-corrected chi connectivity index (χ2v) is 5.67. The molecular weight excluding hydrogens is 301 g/mol. The average Bonchev–Trinajstić information content (AvgIpc) is 2.65. The first-order valence-electron chi connectivity index (χ1n) is 7.77. The van der Waals surface area contributed by atoms with Gasteiger partial charge in [-0.15, -0.1) is 0 Å². The van der Waals surface area contributed by atoms with Gasteiger partial charge in [-0.25, -0.2) is 4.39 Å². The largest absolute Gasteiger partial charge is 0.367 e. The monoisotopic (exact) mass is 319 g/mol. The Hall–Kier alpha value is -2.94. The topological polar surface area (TPSA) is 43.1 Å². The number of amides is 1. The van der Waals surface area contributed by atoms with Crippen LogP contribution in [0.5, 0.6) is 0 Å². The number of nitrogens with two attached hydrogens (primary N) is 1. The fraction of sp³-hybridized carbons (Fsp3) is 0.0952. The highest BCUT2D eigenvalue weighted by molar-refractivity contribution is 5.83. The summed E-state index contributed by atoms with van der Waals surface area (Å²) in [4.78, 5) is 11.9. The normalized spacial score (nSPS) is 12.5. The maximum absolute atomic E-state index is 15.4. The minimum Gasteiger partial charge on any atom is -0.367 e. The summed E-state index contributed by atoms with van der Waals surface area (Å²) in [6.07, 6.45) is -1.90. The standard InChI is InChI=1S/C21H18FNO/c22-19(20(23)24)21(16-10-4-1-5-11-16,17-12-6-2-7-13-17)18-14-8-3-9-15-18/h1-15,19H,(H2,23,24). The van der Waals surface area contributed by atoms with Crippen LogP contribution in [0.25, 0.3) is 0 Å². The van der Waals surface area contributed by atoms with Crippen molar-refractivity contribution in [1.29, 1.82) is 0 Å². The lowest BCUT2D eigenvalue weighted by Gasteiger charge is -2.37. The summed E-state index contributed by atoms with van der Waals surface area (Å²) in [5.41, 5.74) is 6.20. The lowest BCUT2D eigenvalue weighted by molar-refractivity contribution is -0.124. The molecule has 0 aromatic heterocycles. The molecule has 3 heteroatoms. The molecule has 1 atom stereocenters. The van der Waals surface area contributed by atoms with E-state index >= 15 is 4.39 Å². The van der Waals surface area contributed by atoms with Crippen LogP contribution >= 0.6 is 0 Å². The van der Waals surface area contributed by atoms with Crippen molar-refractivity contribution < 1.29 is 9.18 Å². The van der Waals surface area contributed by atoms with Crippen molar-refractivity contribution >= 4 is 5.91 Å². The van der Waals surface area contributed by atoms with Crippen LogP contribution in [-0.2, 0) is 10.2 Å². The predicted molar refractivity (Wildman–Crippen MR) is 93.3 cm³/mol. The zero-order valence-corrected chi connectivity index (χ0v) is 13.1. The van der Waals surface area contributed by atoms with Crippen molar-refractivity contribution in [3.05, 3.63) is 108 Å². The first kappa shape index (κ1) is 15.9. The van der Waals surface area contributed by atoms with Gasteiger partial charge in [-0.2, -0.15) is 0 Å². The Labute approximate surface area is 140 Å². The molecule has 0 bridgehead atoms. The van der Waals surface area contributed by atoms with Crippen molar-refractivity contribution in [1.82, 2.24) is 0 Å². The summed E-state index contributed by atoms with van der Waals surface area (Å²) in [6, 6.07) is 27.6. The zero-order valence-electron chi connectivity index (χ0n) is 13.1. The number of alkyl halides is 1. The molecule has 0 aliphatic rings. The predicted octanol–water partition coefficient (Wildman–Crippen LogP) is 3.84. The van der Waals surface area contributed by atoms with Crippen molar-refractivity contribution in [2.75, 3.05) is 0 Å². The van der Waals surface area contributed by atoms with Crippen LogP contribution in [0.3, 0.4) is 0 Å². The second kappa shape index (κ2) is 6.67. The smallest absolute Gasteiger partial charge is 0.253 e. The van der Waals surface area contributed by atoms with E-state index in [-0.39, 0.29) is 0 Å². The Bertz CT molecular complexity index is 706. The Morgan fingerprint density at radius 3 is 1.25 bits per heavy atom. The average molecular weight is 319 g/mol. The Morgan fingerprint density at radius 1 is 0.708 bits per heavy atom. The van der Waals surface area contributed by atoms with Crippen LogP contribution < -0.4 is 5.73 Å². The van der Waals surface area contributed by atoms with Crippen LogP contribution in [0.4, 0.5) is 4.39 Å². The Balaban J connectivity index is 2.39. The molecule has 3 rings (SSSR count). The molecule has 1 amide bonds. The molecule has 0 aliphatic carbocycles. The van der Waals surface area contributed by atoms with Crippen LogP contribution in [0.2, 0.25) is 0 Å². The first-order chi connectivity index (χ1) is 11.7. The quantitative estimate of drug-likeness (QED) is 0.713. The summed E-state index contributed by atoms with van der Waals surface area (Å²) in [6.45, 7) is 0. The summed E-state index contributed by atoms with van der Waals surface area (Å²) >= 11 is 0. The molecule has 2 nitrogen and oxygen atoms in total. The molecule has 0 aliphatic heterocycles. The van der Waals surface area contributed by atoms with Crippen LogP contribution in [0.1, 0.15) is 16.7 Å². The Morgan fingerprint density at radius 2 is 1.00 bits per heavy atom. The van der Waals surface area contributed by atoms with Crippen LogP contribution in [-0.4, -0.2) is 12.1 Å². The number of rotatable bonds is 5. The lowest BCUT2D eigenvalue weighted by atomic mass is 9.66. The summed E-state index contributed by atoms with van der Waals surface area (Å²) in [7, 11) is 0. The van der Waals surface area contributed by atoms with Gasteiger partial charge in [-0.1, -0.05) is 91.0 Å². The fourth-order valence-electron chi connectivity index (χ4n) is 3.26. The van der Waals surface area contributed by atoms with E-state index in [1.54, 1.807) is 0 Å². The minimum atomic E-state index is -1.90. The third-order valence-electron chi connectivity index (χ3n) is 4.32. The third-order valence-corrected chi connectivity index (χ3v) is 4.32. The Kier molecular flexibility index (Phi) is 4.43. The third kappa shape index (κ3) is 2.58. The van der Waals surface area contributed by atoms with Crippen LogP contribution in [0.15, 0.2) is 91.0 Å². The maximum Gasteiger partial charge on any atom is 0.253 e. The molecule has 0 saturated carbocycles. The molecule has 0 fully saturated rings. The number of carbonyl (C=O) groups excluding carboxylic acids is 1. The van der Waals surface area contributed by atoms with Gasteiger partial charge in [-0.3, -0.25) is 4.79 Å². The van der Waals surface area contributed by atoms with Gasteiger partial charge < -0.3 is 5.73 Å². The van der Waals surface area contributed by atoms with Crippen molar-refractivity contribution in [3.8, 4) is 0 Å². The van der Waals surface area contributed by atoms with Crippen LogP contribution in [0, 0.1) is 0 Å². The SMILES string of the molecule is NC(=O)C(F)C(c1ccccc1)(c1ccccc1)c1ccccc1. The van der Waals surface area contributed by atoms with Gasteiger partial charge in [0, 0.05) is 0 Å². The van der Waals surface area contributed by atoms with Gasteiger partial charge >= 0.3 is 0 Å². The van der Waals surface area contributed by atoms with Gasteiger partial charge in [0.15, 0.2) is 6.17 Å². The second-order valence-electron chi connectivity index (χ2n) is 5.67. The van der Waals surface area contributed by atoms with Gasteiger partial charge in [0.05, 0.1) is 5.41 Å². The molecule has 0 spiro atoms. The highest BCUT2D eigenvalue weighted by Gasteiger charge is 2.47. The van der Waals surface area contributed by atoms with E-state index in [1.165, 1.54) is 0 Å². The molecule has 2 N–H and O–H groups in total. The first-order valence-corrected chi connectivity index (χ1v) is 7.77. The van der Waals surface area contributed by atoms with Crippen molar-refractivity contribution in [3.63, 3.8) is 0 Å². The van der Waals surface area contributed by atoms with Gasteiger partial charge in [0.2, 0.25) is 0 Å². The van der Waals surface area contributed by atoms with E-state index in [4.69, 9.17) is 5.73 Å². The number of hydrogen-bond donors (Lipinski definition) is 1. The number of primary amides is 1. The van der Waals surface area contributed by atoms with E-state index in [1.807, 2.05) is 91.0 Å². The maximum atomic E-state index is 15.4. The summed E-state index contributed by atoms with van der Waals surface area (Å²) in [5, 5.41) is 0. The minimum absolute atomic E-state index is 0.689. The molecule has 0 heterocycles. The molecule has 0 saturated heterocycles. The van der Waals surface area contributed by atoms with E-state index in [0.717, 1.165) is 0 Å². The van der Waals surface area contributed by atoms with Crippen molar-refractivity contribution in [2.45, 2.75) is 11.6 Å². The van der Waals surface area contributed by atoms with Gasteiger partial charge in [0.25, 0.3) is 5.91 Å². The highest BCUT2D eigenvalue weighted by atomic mass is 19.1. The molecule has 3 aromatic carbocycles. The van der Waals surface area contributed by atoms with E-state index in [2.05, 4.69) is 0 Å². The van der Waals surface area contributed by atoms with E-state index in [0.29, 0.717) is 16.7 Å². The van der Waals surface area contributed by atoms with Gasteiger partial charge in [0.1, 0.15) is 0 Å². The molecule has 120 valence electrons. The zero-order chi connectivity index (χ0) is 17.0. The molecule has 24 heavy (non-hydrogen) atoms. The number of benzene rings is 3. The molecule has 3 aromatic rings. The van der Waals surface area contributed by atoms with E-state index in [9.17, 15) is 4.79 Å². The number of carbonyl (C=O) groups is 1. The van der Waals surface area contributed by atoms with Gasteiger partial charge in [-0.05, 0) is 16.7 Å². The highest BCUT2D eigenvalue weighted by Crippen LogP contribution is 2.43. The summed E-state index contributed by atoms with van der Waals surface area (Å²) in [5.74, 6) is -0.980. The lowest BCUT2D eigenvalue weighted by Crippen LogP contribution is -2.46. The molecular formula is C21H18FNO. The number of hydrogen-bond acceptors (Lipinski definition) is 1. The summed E-state index contributed by atoms with van der Waals surface area (Å²) < 4.78 is 15.4. The fourth-order valence-corrected chi connectivity index (χ4v) is 3.26. The molecule has 0 radical (unpaired) electrons.